The van der Waals surface area contributed by atoms with E-state index in [0.717, 1.165) is 5.56 Å². The summed E-state index contributed by atoms with van der Waals surface area (Å²) >= 11 is 0. The third-order valence-corrected chi connectivity index (χ3v) is 5.03. The molecule has 3 rings (SSSR count). The molecule has 144 valence electrons. The largest absolute Gasteiger partial charge is 0.493 e. The molecule has 1 heterocycles. The lowest BCUT2D eigenvalue weighted by molar-refractivity contribution is -0.129. The van der Waals surface area contributed by atoms with Crippen molar-refractivity contribution in [1.29, 1.82) is 0 Å². The van der Waals surface area contributed by atoms with Crippen molar-refractivity contribution in [2.75, 3.05) is 34.4 Å². The van der Waals surface area contributed by atoms with Crippen molar-refractivity contribution in [2.24, 2.45) is 5.73 Å². The number of amides is 1. The molecule has 0 spiro atoms. The molecule has 0 bridgehead atoms. The maximum Gasteiger partial charge on any atom is 0.227 e. The van der Waals surface area contributed by atoms with Crippen molar-refractivity contribution in [2.45, 2.75) is 18.4 Å². The van der Waals surface area contributed by atoms with E-state index in [9.17, 15) is 4.79 Å². The van der Waals surface area contributed by atoms with Gasteiger partial charge in [-0.1, -0.05) is 30.3 Å². The van der Waals surface area contributed by atoms with Gasteiger partial charge in [-0.05, 0) is 23.3 Å². The number of likely N-dealkylation sites (tertiary alicyclic amines) is 1. The second kappa shape index (κ2) is 8.31. The lowest BCUT2D eigenvalue weighted by Crippen LogP contribution is -2.33. The zero-order valence-electron chi connectivity index (χ0n) is 16.0. The van der Waals surface area contributed by atoms with Crippen LogP contribution in [-0.4, -0.2) is 51.3 Å². The lowest BCUT2D eigenvalue weighted by Gasteiger charge is -2.18. The highest BCUT2D eigenvalue weighted by atomic mass is 16.5. The molecule has 2 aromatic carbocycles. The molecule has 0 radical (unpaired) electrons. The Morgan fingerprint density at radius 3 is 2.22 bits per heavy atom. The zero-order valence-corrected chi connectivity index (χ0v) is 16.0. The smallest absolute Gasteiger partial charge is 0.227 e. The lowest BCUT2D eigenvalue weighted by atomic mass is 9.95. The molecule has 0 saturated carbocycles. The number of rotatable bonds is 6. The van der Waals surface area contributed by atoms with E-state index in [0.29, 0.717) is 30.3 Å². The van der Waals surface area contributed by atoms with Crippen LogP contribution in [0.15, 0.2) is 42.5 Å². The average molecular weight is 370 g/mol. The van der Waals surface area contributed by atoms with Crippen molar-refractivity contribution >= 4 is 5.91 Å². The fraction of sp³-hybridized carbons (Fsp3) is 0.381. The molecule has 0 unspecified atom stereocenters. The fourth-order valence-corrected chi connectivity index (χ4v) is 3.61. The Hall–Kier alpha value is -2.73. The van der Waals surface area contributed by atoms with E-state index >= 15 is 0 Å². The van der Waals surface area contributed by atoms with Crippen LogP contribution >= 0.6 is 0 Å². The van der Waals surface area contributed by atoms with E-state index in [1.165, 1.54) is 5.56 Å². The standard InChI is InChI=1S/C21H26N2O4/c1-25-18-9-14(10-19(26-2)21(18)27-3)11-20(24)23-12-16(17(22)13-23)15-7-5-4-6-8-15/h4-10,16-17H,11-13,22H2,1-3H3/t16-,17+/m0/s1. The minimum absolute atomic E-state index is 0.0400. The summed E-state index contributed by atoms with van der Waals surface area (Å²) in [5, 5.41) is 0. The van der Waals surface area contributed by atoms with Crippen molar-refractivity contribution < 1.29 is 19.0 Å². The maximum absolute atomic E-state index is 12.8. The number of ether oxygens (including phenoxy) is 3. The van der Waals surface area contributed by atoms with Gasteiger partial charge in [-0.2, -0.15) is 0 Å². The Kier molecular flexibility index (Phi) is 5.86. The van der Waals surface area contributed by atoms with Gasteiger partial charge in [0.05, 0.1) is 27.8 Å². The van der Waals surface area contributed by atoms with E-state index in [1.807, 2.05) is 35.2 Å². The highest BCUT2D eigenvalue weighted by Crippen LogP contribution is 2.38. The number of carbonyl (C=O) groups is 1. The molecule has 27 heavy (non-hydrogen) atoms. The second-order valence-corrected chi connectivity index (χ2v) is 6.69. The minimum atomic E-state index is -0.0590. The van der Waals surface area contributed by atoms with Crippen molar-refractivity contribution in [3.8, 4) is 17.2 Å². The van der Waals surface area contributed by atoms with Gasteiger partial charge in [0, 0.05) is 25.0 Å². The van der Waals surface area contributed by atoms with Gasteiger partial charge in [0.25, 0.3) is 0 Å². The molecule has 2 aromatic rings. The summed E-state index contributed by atoms with van der Waals surface area (Å²) in [6.45, 7) is 1.19. The fourth-order valence-electron chi connectivity index (χ4n) is 3.61. The zero-order chi connectivity index (χ0) is 19.4. The monoisotopic (exact) mass is 370 g/mol. The molecule has 6 nitrogen and oxygen atoms in total. The van der Waals surface area contributed by atoms with Crippen molar-refractivity contribution in [3.05, 3.63) is 53.6 Å². The van der Waals surface area contributed by atoms with Crippen LogP contribution in [0.2, 0.25) is 0 Å². The normalized spacial score (nSPS) is 19.0. The van der Waals surface area contributed by atoms with Gasteiger partial charge >= 0.3 is 0 Å². The maximum atomic E-state index is 12.8. The van der Waals surface area contributed by atoms with E-state index in [-0.39, 0.29) is 24.3 Å². The summed E-state index contributed by atoms with van der Waals surface area (Å²) in [4.78, 5) is 14.7. The molecule has 1 fully saturated rings. The molecule has 2 N–H and O–H groups in total. The molecule has 0 aliphatic carbocycles. The number of nitrogens with two attached hydrogens (primary N) is 1. The van der Waals surface area contributed by atoms with Crippen LogP contribution in [0.1, 0.15) is 17.0 Å². The summed E-state index contributed by atoms with van der Waals surface area (Å²) in [6.07, 6.45) is 0.255. The number of nitrogens with zero attached hydrogens (tertiary/aromatic N) is 1. The van der Waals surface area contributed by atoms with Gasteiger partial charge in [-0.3, -0.25) is 4.79 Å². The second-order valence-electron chi connectivity index (χ2n) is 6.69. The first-order valence-electron chi connectivity index (χ1n) is 8.94. The molecular weight excluding hydrogens is 344 g/mol. The highest BCUT2D eigenvalue weighted by molar-refractivity contribution is 5.80. The van der Waals surface area contributed by atoms with Crippen LogP contribution in [-0.2, 0) is 11.2 Å². The Bertz CT molecular complexity index is 769. The van der Waals surface area contributed by atoms with Crippen LogP contribution in [0.3, 0.4) is 0 Å². The molecule has 1 amide bonds. The van der Waals surface area contributed by atoms with Crippen LogP contribution in [0.5, 0.6) is 17.2 Å². The first-order chi connectivity index (χ1) is 13.1. The Morgan fingerprint density at radius 1 is 1.04 bits per heavy atom. The molecule has 1 aliphatic rings. The molecule has 1 aliphatic heterocycles. The highest BCUT2D eigenvalue weighted by Gasteiger charge is 2.33. The van der Waals surface area contributed by atoms with E-state index in [4.69, 9.17) is 19.9 Å². The van der Waals surface area contributed by atoms with E-state index in [2.05, 4.69) is 12.1 Å². The Labute approximate surface area is 159 Å². The Morgan fingerprint density at radius 2 is 1.67 bits per heavy atom. The van der Waals surface area contributed by atoms with Crippen molar-refractivity contribution in [3.63, 3.8) is 0 Å². The number of methoxy groups -OCH3 is 3. The summed E-state index contributed by atoms with van der Waals surface area (Å²) in [5.41, 5.74) is 8.30. The van der Waals surface area contributed by atoms with E-state index in [1.54, 1.807) is 21.3 Å². The summed E-state index contributed by atoms with van der Waals surface area (Å²) in [7, 11) is 4.68. The quantitative estimate of drug-likeness (QED) is 0.844. The minimum Gasteiger partial charge on any atom is -0.493 e. The number of hydrogen-bond donors (Lipinski definition) is 1. The van der Waals surface area contributed by atoms with E-state index < -0.39 is 0 Å². The SMILES string of the molecule is COc1cc(CC(=O)N2C[C@@H](N)[C@H](c3ccccc3)C2)cc(OC)c1OC. The predicted molar refractivity (Wildman–Crippen MR) is 104 cm³/mol. The molecule has 6 heteroatoms. The van der Waals surface area contributed by atoms with Gasteiger partial charge in [0.1, 0.15) is 0 Å². The molecular formula is C21H26N2O4. The molecule has 1 saturated heterocycles. The summed E-state index contributed by atoms with van der Waals surface area (Å²) in [6, 6.07) is 13.7. The molecule has 0 aromatic heterocycles. The van der Waals surface area contributed by atoms with Crippen molar-refractivity contribution in [1.82, 2.24) is 4.90 Å². The summed E-state index contributed by atoms with van der Waals surface area (Å²) in [5.74, 6) is 1.80. The van der Waals surface area contributed by atoms with Gasteiger partial charge in [-0.15, -0.1) is 0 Å². The Balaban J connectivity index is 1.74. The van der Waals surface area contributed by atoms with Gasteiger partial charge in [0.15, 0.2) is 11.5 Å². The first-order valence-corrected chi connectivity index (χ1v) is 8.94. The number of carbonyl (C=O) groups excluding carboxylic acids is 1. The van der Waals surface area contributed by atoms with Crippen LogP contribution in [0.25, 0.3) is 0 Å². The molecule has 2 atom stereocenters. The summed E-state index contributed by atoms with van der Waals surface area (Å²) < 4.78 is 16.1. The average Bonchev–Trinajstić information content (AvgIpc) is 3.09. The van der Waals surface area contributed by atoms with Gasteiger partial charge < -0.3 is 24.8 Å². The third-order valence-electron chi connectivity index (χ3n) is 5.03. The number of benzene rings is 2. The van der Waals surface area contributed by atoms with Crippen LogP contribution < -0.4 is 19.9 Å². The van der Waals surface area contributed by atoms with Crippen LogP contribution in [0.4, 0.5) is 0 Å². The number of hydrogen-bond acceptors (Lipinski definition) is 5. The van der Waals surface area contributed by atoms with Gasteiger partial charge in [0.2, 0.25) is 11.7 Å². The van der Waals surface area contributed by atoms with Gasteiger partial charge in [-0.25, -0.2) is 0 Å². The first kappa shape index (κ1) is 19.0. The predicted octanol–water partition coefficient (Wildman–Crippen LogP) is 2.21. The van der Waals surface area contributed by atoms with Crippen LogP contribution in [0, 0.1) is 0 Å². The third kappa shape index (κ3) is 4.01. The topological polar surface area (TPSA) is 74.0 Å².